The van der Waals surface area contributed by atoms with Crippen molar-refractivity contribution >= 4 is 34.8 Å². The number of hydrogen-bond donors (Lipinski definition) is 2. The van der Waals surface area contributed by atoms with Gasteiger partial charge in [-0.1, -0.05) is 63.0 Å². The molecule has 2 N–H and O–H groups in total. The molecule has 0 heterocycles. The molecule has 0 bridgehead atoms. The van der Waals surface area contributed by atoms with E-state index in [1.807, 2.05) is 46.8 Å². The first kappa shape index (κ1) is 30.8. The second kappa shape index (κ2) is 12.0. The number of benzene rings is 2. The highest BCUT2D eigenvalue weighted by atomic mass is 35.5. The Morgan fingerprint density at radius 1 is 0.875 bits per heavy atom. The Morgan fingerprint density at radius 2 is 1.40 bits per heavy atom. The van der Waals surface area contributed by atoms with Gasteiger partial charge in [0.15, 0.2) is 11.5 Å². The monoisotopic (exact) mass is 590 g/mol. The lowest BCUT2D eigenvalue weighted by Gasteiger charge is -2.46. The van der Waals surface area contributed by atoms with E-state index in [0.29, 0.717) is 41.5 Å². The predicted molar refractivity (Wildman–Crippen MR) is 156 cm³/mol. The first-order valence-corrected chi connectivity index (χ1v) is 14.7. The molecule has 0 aromatic heterocycles. The lowest BCUT2D eigenvalue weighted by molar-refractivity contribution is -0.144. The van der Waals surface area contributed by atoms with Crippen LogP contribution in [0.1, 0.15) is 77.3 Å². The number of carbonyl (C=O) groups excluding carboxylic acids is 2. The summed E-state index contributed by atoms with van der Waals surface area (Å²) in [5, 5.41) is 23.5. The summed E-state index contributed by atoms with van der Waals surface area (Å²) >= 11 is 12.8. The molecule has 6 nitrogen and oxygen atoms in total. The number of aliphatic hydroxyl groups excluding tert-OH is 2. The van der Waals surface area contributed by atoms with Crippen molar-refractivity contribution in [2.24, 2.45) is 22.7 Å². The van der Waals surface area contributed by atoms with Crippen molar-refractivity contribution in [2.45, 2.75) is 85.0 Å². The van der Waals surface area contributed by atoms with Crippen LogP contribution < -0.4 is 9.47 Å². The number of ketones is 2. The molecule has 2 saturated carbocycles. The molecular formula is C32H40Cl2O6. The van der Waals surface area contributed by atoms with Crippen LogP contribution >= 0.6 is 23.2 Å². The van der Waals surface area contributed by atoms with Crippen LogP contribution in [0.15, 0.2) is 36.4 Å². The molecule has 0 radical (unpaired) electrons. The molecule has 0 spiro atoms. The Labute approximate surface area is 247 Å². The van der Waals surface area contributed by atoms with Gasteiger partial charge in [-0.25, -0.2) is 0 Å². The van der Waals surface area contributed by atoms with Crippen molar-refractivity contribution in [1.82, 2.24) is 0 Å². The molecule has 40 heavy (non-hydrogen) atoms. The van der Waals surface area contributed by atoms with Gasteiger partial charge in [-0.05, 0) is 66.0 Å². The van der Waals surface area contributed by atoms with E-state index >= 15 is 0 Å². The van der Waals surface area contributed by atoms with Crippen LogP contribution in [0.5, 0.6) is 11.5 Å². The van der Waals surface area contributed by atoms with E-state index in [1.165, 1.54) is 0 Å². The number of aliphatic hydroxyl groups is 2. The molecule has 0 saturated heterocycles. The van der Waals surface area contributed by atoms with Gasteiger partial charge in [0.2, 0.25) is 0 Å². The first-order chi connectivity index (χ1) is 18.7. The van der Waals surface area contributed by atoms with Crippen molar-refractivity contribution in [1.29, 1.82) is 0 Å². The van der Waals surface area contributed by atoms with Gasteiger partial charge < -0.3 is 19.7 Å². The van der Waals surface area contributed by atoms with Gasteiger partial charge in [-0.3, -0.25) is 9.59 Å². The normalized spacial score (nSPS) is 26.8. The molecule has 0 amide bonds. The summed E-state index contributed by atoms with van der Waals surface area (Å²) in [6.07, 6.45) is -0.546. The zero-order valence-corrected chi connectivity index (χ0v) is 25.4. The highest BCUT2D eigenvalue weighted by Crippen LogP contribution is 2.51. The van der Waals surface area contributed by atoms with Crippen molar-refractivity contribution in [2.75, 3.05) is 6.61 Å². The first-order valence-electron chi connectivity index (χ1n) is 14.0. The maximum atomic E-state index is 13.6. The highest BCUT2D eigenvalue weighted by Gasteiger charge is 2.52. The van der Waals surface area contributed by atoms with Crippen LogP contribution in [-0.4, -0.2) is 40.6 Å². The Bertz CT molecular complexity index is 1200. The average molecular weight is 592 g/mol. The standard InChI is InChI=1S/C32H40Cl2O6/c1-6-39-26-12-19(11-21(34)30(26)40-17-18-7-9-20(33)10-8-18)27(28-22(35)13-31(2,3)14-23(28)36)29-24(37)15-32(4,5)16-25(29)38/h7-12,22,24,27-29,35,37H,6,13-17H2,1-5H3/t22-,24-,27?,28-,29+/m0/s1. The van der Waals surface area contributed by atoms with Crippen LogP contribution in [0.2, 0.25) is 10.0 Å². The largest absolute Gasteiger partial charge is 0.490 e. The summed E-state index contributed by atoms with van der Waals surface area (Å²) in [4.78, 5) is 27.2. The molecule has 0 aliphatic heterocycles. The van der Waals surface area contributed by atoms with E-state index in [-0.39, 0.29) is 46.9 Å². The molecule has 5 atom stereocenters. The maximum Gasteiger partial charge on any atom is 0.180 e. The smallest absolute Gasteiger partial charge is 0.180 e. The minimum Gasteiger partial charge on any atom is -0.490 e. The Kier molecular flexibility index (Phi) is 9.26. The minimum absolute atomic E-state index is 0.115. The van der Waals surface area contributed by atoms with Gasteiger partial charge in [0.05, 0.1) is 35.7 Å². The third kappa shape index (κ3) is 6.84. The van der Waals surface area contributed by atoms with Crippen LogP contribution in [-0.2, 0) is 16.2 Å². The van der Waals surface area contributed by atoms with Crippen molar-refractivity contribution in [3.63, 3.8) is 0 Å². The molecule has 218 valence electrons. The van der Waals surface area contributed by atoms with Gasteiger partial charge in [-0.2, -0.15) is 0 Å². The molecule has 4 rings (SSSR count). The molecule has 2 aliphatic rings. The lowest BCUT2D eigenvalue weighted by Crippen LogP contribution is -2.51. The van der Waals surface area contributed by atoms with Gasteiger partial charge >= 0.3 is 0 Å². The zero-order chi connectivity index (χ0) is 29.4. The van der Waals surface area contributed by atoms with Gasteiger partial charge in [0, 0.05) is 23.8 Å². The van der Waals surface area contributed by atoms with Crippen molar-refractivity contribution < 1.29 is 29.3 Å². The summed E-state index contributed by atoms with van der Waals surface area (Å²) in [5.41, 5.74) is 0.744. The van der Waals surface area contributed by atoms with E-state index in [0.717, 1.165) is 5.56 Å². The zero-order valence-electron chi connectivity index (χ0n) is 23.9. The van der Waals surface area contributed by atoms with E-state index < -0.39 is 30.0 Å². The van der Waals surface area contributed by atoms with E-state index in [9.17, 15) is 19.8 Å². The molecule has 8 heteroatoms. The Hall–Kier alpha value is -2.12. The Morgan fingerprint density at radius 3 is 1.88 bits per heavy atom. The number of carbonyl (C=O) groups is 2. The lowest BCUT2D eigenvalue weighted by atomic mass is 9.58. The van der Waals surface area contributed by atoms with Crippen molar-refractivity contribution in [3.05, 3.63) is 57.6 Å². The average Bonchev–Trinajstić information content (AvgIpc) is 2.81. The topological polar surface area (TPSA) is 93.1 Å². The van der Waals surface area contributed by atoms with Gasteiger partial charge in [0.25, 0.3) is 0 Å². The molecule has 2 aromatic carbocycles. The summed E-state index contributed by atoms with van der Waals surface area (Å²) in [5.74, 6) is -1.99. The molecule has 2 aliphatic carbocycles. The third-order valence-corrected chi connectivity index (χ3v) is 8.72. The predicted octanol–water partition coefficient (Wildman–Crippen LogP) is 6.79. The van der Waals surface area contributed by atoms with Crippen LogP contribution in [0.4, 0.5) is 0 Å². The fourth-order valence-corrected chi connectivity index (χ4v) is 6.98. The molecule has 2 aromatic rings. The summed E-state index contributed by atoms with van der Waals surface area (Å²) in [6.45, 7) is 10.2. The number of rotatable bonds is 8. The van der Waals surface area contributed by atoms with Crippen molar-refractivity contribution in [3.8, 4) is 11.5 Å². The third-order valence-electron chi connectivity index (χ3n) is 8.19. The van der Waals surface area contributed by atoms with Gasteiger partial charge in [0.1, 0.15) is 18.2 Å². The Balaban J connectivity index is 1.77. The number of hydrogen-bond acceptors (Lipinski definition) is 6. The molecule has 1 unspecified atom stereocenters. The van der Waals surface area contributed by atoms with Crippen LogP contribution in [0.3, 0.4) is 0 Å². The number of Topliss-reactive ketones (excluding diaryl/α,β-unsaturated/α-hetero) is 2. The van der Waals surface area contributed by atoms with Gasteiger partial charge in [-0.15, -0.1) is 0 Å². The van der Waals surface area contributed by atoms with E-state index in [2.05, 4.69) is 0 Å². The second-order valence-corrected chi connectivity index (χ2v) is 13.8. The number of halogens is 2. The highest BCUT2D eigenvalue weighted by molar-refractivity contribution is 6.32. The quantitative estimate of drug-likeness (QED) is 0.351. The summed E-state index contributed by atoms with van der Waals surface area (Å²) in [7, 11) is 0. The summed E-state index contributed by atoms with van der Waals surface area (Å²) in [6, 6.07) is 10.7. The molecule has 2 fully saturated rings. The van der Waals surface area contributed by atoms with Crippen LogP contribution in [0.25, 0.3) is 0 Å². The molecular weight excluding hydrogens is 551 g/mol. The fourth-order valence-electron chi connectivity index (χ4n) is 6.58. The fraction of sp³-hybridized carbons (Fsp3) is 0.562. The van der Waals surface area contributed by atoms with E-state index in [4.69, 9.17) is 32.7 Å². The summed E-state index contributed by atoms with van der Waals surface area (Å²) < 4.78 is 12.0. The number of ether oxygens (including phenoxy) is 2. The van der Waals surface area contributed by atoms with E-state index in [1.54, 1.807) is 24.3 Å². The SMILES string of the molecule is CCOc1cc(C([C@H]2C(=O)CC(C)(C)C[C@@H]2O)[C@@H]2C(=O)CC(C)(C)C[C@@H]2O)cc(Cl)c1OCc1ccc(Cl)cc1. The minimum atomic E-state index is -0.966. The van der Waals surface area contributed by atoms with Crippen LogP contribution in [0, 0.1) is 22.7 Å². The maximum absolute atomic E-state index is 13.6. The second-order valence-electron chi connectivity index (χ2n) is 12.9.